The molecular formula is C18H17N3O3S. The van der Waals surface area contributed by atoms with Crippen molar-refractivity contribution < 1.29 is 14.3 Å². The minimum Gasteiger partial charge on any atom is -0.462 e. The normalized spacial score (nSPS) is 10.8. The quantitative estimate of drug-likeness (QED) is 0.568. The van der Waals surface area contributed by atoms with Crippen molar-refractivity contribution >= 4 is 39.8 Å². The van der Waals surface area contributed by atoms with Crippen LogP contribution in [-0.4, -0.2) is 28.8 Å². The molecule has 0 aliphatic rings. The Morgan fingerprint density at radius 1 is 1.24 bits per heavy atom. The van der Waals surface area contributed by atoms with Gasteiger partial charge in [-0.25, -0.2) is 14.8 Å². The van der Waals surface area contributed by atoms with Crippen molar-refractivity contribution in [2.24, 2.45) is 0 Å². The SMILES string of the molecule is CCOC(=O)c1cc2c(-c3cc(C=O)c(C)cc3C)nc(N)nc2s1. The predicted octanol–water partition coefficient (Wildman–Crippen LogP) is 3.55. The average molecular weight is 355 g/mol. The van der Waals surface area contributed by atoms with Crippen molar-refractivity contribution in [1.82, 2.24) is 9.97 Å². The first kappa shape index (κ1) is 17.0. The number of hydrogen-bond donors (Lipinski definition) is 1. The van der Waals surface area contributed by atoms with Gasteiger partial charge in [-0.15, -0.1) is 11.3 Å². The van der Waals surface area contributed by atoms with E-state index in [4.69, 9.17) is 10.5 Å². The van der Waals surface area contributed by atoms with Crippen LogP contribution >= 0.6 is 11.3 Å². The van der Waals surface area contributed by atoms with Crippen molar-refractivity contribution in [3.8, 4) is 11.3 Å². The Labute approximate surface area is 148 Å². The third-order valence-corrected chi connectivity index (χ3v) is 4.89. The zero-order valence-electron chi connectivity index (χ0n) is 14.1. The summed E-state index contributed by atoms with van der Waals surface area (Å²) in [7, 11) is 0. The van der Waals surface area contributed by atoms with Gasteiger partial charge in [0.25, 0.3) is 0 Å². The summed E-state index contributed by atoms with van der Waals surface area (Å²) in [5.41, 5.74) is 9.70. The van der Waals surface area contributed by atoms with E-state index in [-0.39, 0.29) is 5.95 Å². The molecule has 0 aliphatic carbocycles. The number of carbonyl (C=O) groups is 2. The van der Waals surface area contributed by atoms with E-state index >= 15 is 0 Å². The number of fused-ring (bicyclic) bond motifs is 1. The number of ether oxygens (including phenoxy) is 1. The molecular weight excluding hydrogens is 338 g/mol. The molecule has 0 saturated heterocycles. The number of carbonyl (C=O) groups excluding carboxylic acids is 2. The number of nitrogens with two attached hydrogens (primary N) is 1. The zero-order chi connectivity index (χ0) is 18.1. The van der Waals surface area contributed by atoms with E-state index in [2.05, 4.69) is 9.97 Å². The first-order chi connectivity index (χ1) is 11.9. The number of nitrogen functional groups attached to an aromatic ring is 1. The third-order valence-electron chi connectivity index (χ3n) is 3.88. The van der Waals surface area contributed by atoms with E-state index in [1.54, 1.807) is 19.1 Å². The van der Waals surface area contributed by atoms with E-state index in [1.165, 1.54) is 11.3 Å². The average Bonchev–Trinajstić information content (AvgIpc) is 2.98. The number of aromatic nitrogens is 2. The summed E-state index contributed by atoms with van der Waals surface area (Å²) in [6.07, 6.45) is 0.817. The maximum atomic E-state index is 12.0. The number of rotatable bonds is 4. The van der Waals surface area contributed by atoms with Crippen LogP contribution in [0.15, 0.2) is 18.2 Å². The molecule has 0 saturated carbocycles. The van der Waals surface area contributed by atoms with Gasteiger partial charge in [-0.2, -0.15) is 0 Å². The van der Waals surface area contributed by atoms with Crippen LogP contribution in [0.25, 0.3) is 21.5 Å². The summed E-state index contributed by atoms with van der Waals surface area (Å²) in [4.78, 5) is 33.0. The zero-order valence-corrected chi connectivity index (χ0v) is 14.9. The molecule has 0 radical (unpaired) electrons. The molecule has 2 heterocycles. The van der Waals surface area contributed by atoms with Crippen LogP contribution in [0, 0.1) is 13.8 Å². The van der Waals surface area contributed by atoms with Crippen LogP contribution in [-0.2, 0) is 4.74 Å². The lowest BCUT2D eigenvalue weighted by atomic mass is 9.97. The van der Waals surface area contributed by atoms with Gasteiger partial charge < -0.3 is 10.5 Å². The molecule has 0 aliphatic heterocycles. The number of hydrogen-bond acceptors (Lipinski definition) is 7. The highest BCUT2D eigenvalue weighted by atomic mass is 32.1. The molecule has 1 aromatic carbocycles. The summed E-state index contributed by atoms with van der Waals surface area (Å²) in [5, 5.41) is 0.714. The second-order valence-electron chi connectivity index (χ2n) is 5.62. The van der Waals surface area contributed by atoms with Gasteiger partial charge in [0.2, 0.25) is 5.95 Å². The van der Waals surface area contributed by atoms with E-state index in [1.807, 2.05) is 19.9 Å². The standard InChI is InChI=1S/C18H17N3O3S/c1-4-24-17(23)14-7-13-15(20-18(19)21-16(13)25-14)12-6-11(8-22)9(2)5-10(12)3/h5-8H,4H2,1-3H3,(H2,19,20,21). The number of benzene rings is 1. The van der Waals surface area contributed by atoms with Gasteiger partial charge in [0.15, 0.2) is 0 Å². The van der Waals surface area contributed by atoms with Crippen LogP contribution in [0.2, 0.25) is 0 Å². The second kappa shape index (κ2) is 6.60. The number of anilines is 1. The fraction of sp³-hybridized carbons (Fsp3) is 0.222. The van der Waals surface area contributed by atoms with E-state index in [0.29, 0.717) is 33.0 Å². The number of nitrogens with zero attached hydrogens (tertiary/aromatic N) is 2. The van der Waals surface area contributed by atoms with Crippen LogP contribution in [0.1, 0.15) is 38.1 Å². The van der Waals surface area contributed by atoms with Crippen LogP contribution < -0.4 is 5.73 Å². The van der Waals surface area contributed by atoms with Crippen molar-refractivity contribution in [1.29, 1.82) is 0 Å². The fourth-order valence-electron chi connectivity index (χ4n) is 2.70. The van der Waals surface area contributed by atoms with E-state index < -0.39 is 5.97 Å². The largest absolute Gasteiger partial charge is 0.462 e. The Balaban J connectivity index is 2.26. The smallest absolute Gasteiger partial charge is 0.348 e. The van der Waals surface area contributed by atoms with Gasteiger partial charge in [-0.3, -0.25) is 4.79 Å². The number of esters is 1. The van der Waals surface area contributed by atoms with Crippen molar-refractivity contribution in [2.75, 3.05) is 12.3 Å². The summed E-state index contributed by atoms with van der Waals surface area (Å²) in [5.74, 6) is -0.281. The first-order valence-corrected chi connectivity index (χ1v) is 8.57. The lowest BCUT2D eigenvalue weighted by Gasteiger charge is -2.10. The van der Waals surface area contributed by atoms with Gasteiger partial charge in [-0.1, -0.05) is 6.07 Å². The van der Waals surface area contributed by atoms with Gasteiger partial charge >= 0.3 is 5.97 Å². The minimum absolute atomic E-state index is 0.118. The van der Waals surface area contributed by atoms with Crippen LogP contribution in [0.4, 0.5) is 5.95 Å². The molecule has 2 N–H and O–H groups in total. The lowest BCUT2D eigenvalue weighted by Crippen LogP contribution is -2.01. The minimum atomic E-state index is -0.399. The monoisotopic (exact) mass is 355 g/mol. The van der Waals surface area contributed by atoms with Gasteiger partial charge in [0.1, 0.15) is 16.0 Å². The molecule has 0 spiro atoms. The molecule has 0 atom stereocenters. The number of thiophene rings is 1. The van der Waals surface area contributed by atoms with Crippen LogP contribution in [0.3, 0.4) is 0 Å². The molecule has 128 valence electrons. The fourth-order valence-corrected chi connectivity index (χ4v) is 3.63. The van der Waals surface area contributed by atoms with Gasteiger partial charge in [0.05, 0.1) is 12.3 Å². The summed E-state index contributed by atoms with van der Waals surface area (Å²) in [6.45, 7) is 5.88. The summed E-state index contributed by atoms with van der Waals surface area (Å²) < 4.78 is 5.05. The molecule has 7 heteroatoms. The van der Waals surface area contributed by atoms with Gasteiger partial charge in [0, 0.05) is 16.5 Å². The third kappa shape index (κ3) is 3.10. The predicted molar refractivity (Wildman–Crippen MR) is 98.1 cm³/mol. The molecule has 3 aromatic rings. The highest BCUT2D eigenvalue weighted by Crippen LogP contribution is 2.35. The molecule has 25 heavy (non-hydrogen) atoms. The Kier molecular flexibility index (Phi) is 4.50. The highest BCUT2D eigenvalue weighted by molar-refractivity contribution is 7.20. The Bertz CT molecular complexity index is 995. The molecule has 3 rings (SSSR count). The summed E-state index contributed by atoms with van der Waals surface area (Å²) >= 11 is 1.21. The summed E-state index contributed by atoms with van der Waals surface area (Å²) in [6, 6.07) is 5.44. The van der Waals surface area contributed by atoms with Crippen molar-refractivity contribution in [2.45, 2.75) is 20.8 Å². The van der Waals surface area contributed by atoms with E-state index in [9.17, 15) is 9.59 Å². The van der Waals surface area contributed by atoms with Crippen LogP contribution in [0.5, 0.6) is 0 Å². The highest BCUT2D eigenvalue weighted by Gasteiger charge is 2.18. The molecule has 0 fully saturated rings. The Morgan fingerprint density at radius 2 is 2.00 bits per heavy atom. The molecule has 0 amide bonds. The maximum Gasteiger partial charge on any atom is 0.348 e. The first-order valence-electron chi connectivity index (χ1n) is 7.75. The number of aldehydes is 1. The molecule has 2 aromatic heterocycles. The Hall–Kier alpha value is -2.80. The lowest BCUT2D eigenvalue weighted by molar-refractivity contribution is 0.0532. The molecule has 0 bridgehead atoms. The molecule has 0 unspecified atom stereocenters. The maximum absolute atomic E-state index is 12.0. The van der Waals surface area contributed by atoms with Gasteiger partial charge in [-0.05, 0) is 44.0 Å². The van der Waals surface area contributed by atoms with E-state index in [0.717, 1.165) is 23.0 Å². The number of aryl methyl sites for hydroxylation is 2. The second-order valence-corrected chi connectivity index (χ2v) is 6.65. The van der Waals surface area contributed by atoms with Crippen molar-refractivity contribution in [3.05, 3.63) is 39.8 Å². The topological polar surface area (TPSA) is 95.2 Å². The van der Waals surface area contributed by atoms with Crippen molar-refractivity contribution in [3.63, 3.8) is 0 Å². The molecule has 6 nitrogen and oxygen atoms in total. The Morgan fingerprint density at radius 3 is 2.68 bits per heavy atom.